The van der Waals surface area contributed by atoms with Crippen LogP contribution in [0.3, 0.4) is 0 Å². The maximum Gasteiger partial charge on any atom is 0.251 e. The minimum atomic E-state index is -0.170. The number of rotatable bonds is 3. The van der Waals surface area contributed by atoms with Crippen molar-refractivity contribution in [1.29, 1.82) is 0 Å². The molecule has 0 saturated heterocycles. The number of nitrogens with one attached hydrogen (secondary N) is 1. The highest BCUT2D eigenvalue weighted by molar-refractivity contribution is 7.16. The van der Waals surface area contributed by atoms with Gasteiger partial charge in [-0.15, -0.1) is 0 Å². The molecule has 7 heteroatoms. The summed E-state index contributed by atoms with van der Waals surface area (Å²) in [6.07, 6.45) is 1.86. The van der Waals surface area contributed by atoms with Gasteiger partial charge in [0.05, 0.1) is 18.4 Å². The normalized spacial score (nSPS) is 10.9. The van der Waals surface area contributed by atoms with E-state index in [0.29, 0.717) is 17.1 Å². The maximum atomic E-state index is 12.0. The molecule has 2 aromatic heterocycles. The molecule has 0 unspecified atom stereocenters. The summed E-state index contributed by atoms with van der Waals surface area (Å²) in [5.41, 5.74) is 1.47. The van der Waals surface area contributed by atoms with Gasteiger partial charge >= 0.3 is 0 Å². The first-order chi connectivity index (χ1) is 9.61. The Balaban J connectivity index is 1.69. The van der Waals surface area contributed by atoms with Gasteiger partial charge in [-0.1, -0.05) is 29.0 Å². The molecule has 1 aromatic carbocycles. The first-order valence-electron chi connectivity index (χ1n) is 5.97. The third-order valence-corrected chi connectivity index (χ3v) is 3.85. The summed E-state index contributed by atoms with van der Waals surface area (Å²) < 4.78 is 1.72. The molecule has 0 radical (unpaired) electrons. The number of hydrogen-bond donors (Lipinski definition) is 1. The Kier molecular flexibility index (Phi) is 3.42. The smallest absolute Gasteiger partial charge is 0.251 e. The van der Waals surface area contributed by atoms with Gasteiger partial charge in [0, 0.05) is 10.6 Å². The lowest BCUT2D eigenvalue weighted by Crippen LogP contribution is -2.22. The first-order valence-corrected chi connectivity index (χ1v) is 7.17. The van der Waals surface area contributed by atoms with Gasteiger partial charge in [-0.2, -0.15) is 5.10 Å². The van der Waals surface area contributed by atoms with Crippen molar-refractivity contribution < 1.29 is 4.79 Å². The molecule has 0 aliphatic heterocycles. The molecule has 1 amide bonds. The minimum absolute atomic E-state index is 0.170. The topological polar surface area (TPSA) is 59.3 Å². The van der Waals surface area contributed by atoms with E-state index in [-0.39, 0.29) is 5.91 Å². The molecule has 20 heavy (non-hydrogen) atoms. The highest BCUT2D eigenvalue weighted by Crippen LogP contribution is 2.15. The molecule has 0 bridgehead atoms. The summed E-state index contributed by atoms with van der Waals surface area (Å²) in [5, 5.41) is 8.52. The van der Waals surface area contributed by atoms with Crippen molar-refractivity contribution in [2.24, 2.45) is 0 Å². The molecule has 0 fully saturated rings. The van der Waals surface area contributed by atoms with Crippen LogP contribution in [0.1, 0.15) is 21.1 Å². The molecule has 3 aromatic rings. The van der Waals surface area contributed by atoms with Gasteiger partial charge in [0.2, 0.25) is 4.96 Å². The quantitative estimate of drug-likeness (QED) is 0.809. The summed E-state index contributed by atoms with van der Waals surface area (Å²) in [6, 6.07) is 6.84. The van der Waals surface area contributed by atoms with Gasteiger partial charge in [-0.05, 0) is 25.1 Å². The number of imidazole rings is 1. The van der Waals surface area contributed by atoms with Gasteiger partial charge in [0.25, 0.3) is 5.91 Å². The van der Waals surface area contributed by atoms with Gasteiger partial charge < -0.3 is 5.32 Å². The molecular weight excluding hydrogens is 296 g/mol. The van der Waals surface area contributed by atoms with E-state index in [1.807, 2.05) is 13.1 Å². The number of carbonyl (C=O) groups is 1. The van der Waals surface area contributed by atoms with Crippen LogP contribution in [0.4, 0.5) is 0 Å². The van der Waals surface area contributed by atoms with E-state index in [9.17, 15) is 4.79 Å². The van der Waals surface area contributed by atoms with Gasteiger partial charge in [-0.3, -0.25) is 4.79 Å². The Morgan fingerprint density at radius 1 is 1.50 bits per heavy atom. The Bertz CT molecular complexity index is 748. The average Bonchev–Trinajstić information content (AvgIpc) is 2.92. The van der Waals surface area contributed by atoms with Crippen LogP contribution in [0.25, 0.3) is 4.96 Å². The van der Waals surface area contributed by atoms with E-state index in [1.54, 1.807) is 28.8 Å². The van der Waals surface area contributed by atoms with Crippen LogP contribution < -0.4 is 5.32 Å². The Morgan fingerprint density at radius 3 is 3.10 bits per heavy atom. The van der Waals surface area contributed by atoms with Crippen molar-refractivity contribution >= 4 is 33.8 Å². The highest BCUT2D eigenvalue weighted by Gasteiger charge is 2.09. The molecule has 0 spiro atoms. The standard InChI is InChI=1S/C13H11ClN4OS/c1-8-7-18-13(16-8)20-11(17-18)6-15-12(19)9-3-2-4-10(14)5-9/h2-5,7H,6H2,1H3,(H,15,19). The van der Waals surface area contributed by atoms with Crippen LogP contribution in [0.15, 0.2) is 30.5 Å². The number of aromatic nitrogens is 3. The van der Waals surface area contributed by atoms with Gasteiger partial charge in [-0.25, -0.2) is 9.50 Å². The molecule has 102 valence electrons. The van der Waals surface area contributed by atoms with Crippen molar-refractivity contribution in [3.8, 4) is 0 Å². The van der Waals surface area contributed by atoms with Crippen molar-refractivity contribution in [1.82, 2.24) is 19.9 Å². The largest absolute Gasteiger partial charge is 0.345 e. The first kappa shape index (κ1) is 13.1. The Labute approximate surface area is 124 Å². The second-order valence-corrected chi connectivity index (χ2v) is 5.78. The second-order valence-electron chi connectivity index (χ2n) is 4.30. The van der Waals surface area contributed by atoms with Crippen LogP contribution in [0.2, 0.25) is 5.02 Å². The molecule has 3 rings (SSSR count). The van der Waals surface area contributed by atoms with Crippen LogP contribution in [0, 0.1) is 6.92 Å². The van der Waals surface area contributed by atoms with Gasteiger partial charge in [0.15, 0.2) is 0 Å². The number of benzene rings is 1. The molecular formula is C13H11ClN4OS. The summed E-state index contributed by atoms with van der Waals surface area (Å²) in [7, 11) is 0. The lowest BCUT2D eigenvalue weighted by atomic mass is 10.2. The summed E-state index contributed by atoms with van der Waals surface area (Å²) in [4.78, 5) is 17.1. The monoisotopic (exact) mass is 306 g/mol. The molecule has 0 saturated carbocycles. The van der Waals surface area contributed by atoms with Crippen molar-refractivity contribution in [2.75, 3.05) is 0 Å². The average molecular weight is 307 g/mol. The van der Waals surface area contributed by atoms with Crippen molar-refractivity contribution in [3.05, 3.63) is 51.7 Å². The third kappa shape index (κ3) is 2.66. The molecule has 2 heterocycles. The van der Waals surface area contributed by atoms with E-state index < -0.39 is 0 Å². The zero-order chi connectivity index (χ0) is 14.1. The number of amides is 1. The number of fused-ring (bicyclic) bond motifs is 1. The van der Waals surface area contributed by atoms with E-state index >= 15 is 0 Å². The van der Waals surface area contributed by atoms with Crippen LogP contribution in [-0.4, -0.2) is 20.5 Å². The van der Waals surface area contributed by atoms with E-state index in [4.69, 9.17) is 11.6 Å². The number of nitrogens with zero attached hydrogens (tertiary/aromatic N) is 3. The van der Waals surface area contributed by atoms with Crippen LogP contribution >= 0.6 is 22.9 Å². The summed E-state index contributed by atoms with van der Waals surface area (Å²) in [5.74, 6) is -0.170. The van der Waals surface area contributed by atoms with Crippen LogP contribution in [-0.2, 0) is 6.54 Å². The summed E-state index contributed by atoms with van der Waals surface area (Å²) >= 11 is 7.32. The molecule has 0 aliphatic rings. The SMILES string of the molecule is Cc1cn2nc(CNC(=O)c3cccc(Cl)c3)sc2n1. The fraction of sp³-hybridized carbons (Fsp3) is 0.154. The van der Waals surface area contributed by atoms with Crippen molar-refractivity contribution in [3.63, 3.8) is 0 Å². The third-order valence-electron chi connectivity index (χ3n) is 2.69. The fourth-order valence-electron chi connectivity index (χ4n) is 1.81. The lowest BCUT2D eigenvalue weighted by Gasteiger charge is -2.02. The number of halogens is 1. The van der Waals surface area contributed by atoms with Crippen LogP contribution in [0.5, 0.6) is 0 Å². The Morgan fingerprint density at radius 2 is 2.35 bits per heavy atom. The zero-order valence-electron chi connectivity index (χ0n) is 10.6. The van der Waals surface area contributed by atoms with E-state index in [2.05, 4.69) is 15.4 Å². The predicted octanol–water partition coefficient (Wildman–Crippen LogP) is 2.68. The lowest BCUT2D eigenvalue weighted by molar-refractivity contribution is 0.0951. The molecule has 0 atom stereocenters. The molecule has 0 aliphatic carbocycles. The maximum absolute atomic E-state index is 12.0. The fourth-order valence-corrected chi connectivity index (χ4v) is 2.86. The van der Waals surface area contributed by atoms with Gasteiger partial charge in [0.1, 0.15) is 5.01 Å². The van der Waals surface area contributed by atoms with E-state index in [0.717, 1.165) is 15.7 Å². The highest BCUT2D eigenvalue weighted by atomic mass is 35.5. The summed E-state index contributed by atoms with van der Waals surface area (Å²) in [6.45, 7) is 2.29. The van der Waals surface area contributed by atoms with Crippen molar-refractivity contribution in [2.45, 2.75) is 13.5 Å². The number of carbonyl (C=O) groups excluding carboxylic acids is 1. The number of aryl methyl sites for hydroxylation is 1. The molecule has 1 N–H and O–H groups in total. The van der Waals surface area contributed by atoms with E-state index in [1.165, 1.54) is 11.3 Å². The predicted molar refractivity (Wildman–Crippen MR) is 78.2 cm³/mol. The Hall–Kier alpha value is -1.92. The minimum Gasteiger partial charge on any atom is -0.345 e. The zero-order valence-corrected chi connectivity index (χ0v) is 12.2. The second kappa shape index (κ2) is 5.22. The molecule has 5 nitrogen and oxygen atoms in total. The number of hydrogen-bond acceptors (Lipinski definition) is 4.